The Kier molecular flexibility index (Phi) is 4.74. The van der Waals surface area contributed by atoms with E-state index in [1.807, 2.05) is 6.92 Å². The van der Waals surface area contributed by atoms with E-state index in [0.717, 1.165) is 0 Å². The zero-order valence-corrected chi connectivity index (χ0v) is 12.0. The van der Waals surface area contributed by atoms with Gasteiger partial charge < -0.3 is 15.6 Å². The van der Waals surface area contributed by atoms with Crippen molar-refractivity contribution in [2.45, 2.75) is 19.4 Å². The van der Waals surface area contributed by atoms with Gasteiger partial charge in [-0.15, -0.1) is 0 Å². The second-order valence-corrected chi connectivity index (χ2v) is 5.31. The van der Waals surface area contributed by atoms with Crippen LogP contribution in [0.4, 0.5) is 0 Å². The van der Waals surface area contributed by atoms with Gasteiger partial charge in [-0.3, -0.25) is 19.3 Å². The summed E-state index contributed by atoms with van der Waals surface area (Å²) in [6.07, 6.45) is 1.78. The number of carbonyl (C=O) groups is 2. The first-order valence-electron chi connectivity index (χ1n) is 6.97. The van der Waals surface area contributed by atoms with Crippen molar-refractivity contribution in [1.82, 2.24) is 14.8 Å². The minimum atomic E-state index is -0.311. The third-order valence-electron chi connectivity index (χ3n) is 3.68. The number of nitrogens with one attached hydrogen (secondary N) is 1. The minimum absolute atomic E-state index is 0.0473. The molecule has 7 nitrogen and oxygen atoms in total. The number of H-pyrrole nitrogens is 1. The van der Waals surface area contributed by atoms with Crippen LogP contribution in [0.15, 0.2) is 23.1 Å². The molecule has 3 N–H and O–H groups in total. The molecule has 114 valence electrons. The maximum atomic E-state index is 12.4. The molecular weight excluding hydrogens is 272 g/mol. The lowest BCUT2D eigenvalue weighted by Gasteiger charge is -2.39. The average Bonchev–Trinajstić information content (AvgIpc) is 2.45. The first-order valence-corrected chi connectivity index (χ1v) is 6.97. The first kappa shape index (κ1) is 15.2. The number of hydrogen-bond acceptors (Lipinski definition) is 4. The molecule has 0 aromatic carbocycles. The monoisotopic (exact) mass is 292 g/mol. The van der Waals surface area contributed by atoms with E-state index in [1.54, 1.807) is 4.90 Å². The van der Waals surface area contributed by atoms with Crippen LogP contribution in [0, 0.1) is 0 Å². The molecule has 1 atom stereocenters. The Morgan fingerprint density at radius 1 is 1.38 bits per heavy atom. The van der Waals surface area contributed by atoms with Gasteiger partial charge in [-0.2, -0.15) is 0 Å². The quantitative estimate of drug-likeness (QED) is 0.773. The minimum Gasteiger partial charge on any atom is -0.370 e. The Morgan fingerprint density at radius 2 is 2.14 bits per heavy atom. The van der Waals surface area contributed by atoms with Gasteiger partial charge in [-0.25, -0.2) is 0 Å². The largest absolute Gasteiger partial charge is 0.370 e. The standard InChI is InChI=1S/C14H20N4O3/c1-10-9-17(5-4-12(15)19)6-7-18(10)14(21)11-2-3-13(20)16-8-11/h2-3,8,10H,4-7,9H2,1H3,(H2,15,19)(H,16,20)/t10-/m0/s1. The van der Waals surface area contributed by atoms with E-state index < -0.39 is 0 Å². The van der Waals surface area contributed by atoms with Gasteiger partial charge in [-0.1, -0.05) is 0 Å². The first-order chi connectivity index (χ1) is 9.97. The number of primary amides is 1. The number of hydrogen-bond donors (Lipinski definition) is 2. The zero-order valence-electron chi connectivity index (χ0n) is 12.0. The molecule has 1 aromatic heterocycles. The Balaban J connectivity index is 1.96. The molecule has 1 aliphatic rings. The number of rotatable bonds is 4. The smallest absolute Gasteiger partial charge is 0.255 e. The molecular formula is C14H20N4O3. The van der Waals surface area contributed by atoms with E-state index in [9.17, 15) is 14.4 Å². The zero-order chi connectivity index (χ0) is 15.4. The number of pyridine rings is 1. The van der Waals surface area contributed by atoms with Gasteiger partial charge in [0.05, 0.1) is 5.56 Å². The number of nitrogens with zero attached hydrogens (tertiary/aromatic N) is 2. The number of piperazine rings is 1. The summed E-state index contributed by atoms with van der Waals surface area (Å²) in [7, 11) is 0. The van der Waals surface area contributed by atoms with Crippen molar-refractivity contribution >= 4 is 11.8 Å². The summed E-state index contributed by atoms with van der Waals surface area (Å²) in [5.74, 6) is -0.400. The van der Waals surface area contributed by atoms with Crippen LogP contribution in [0.25, 0.3) is 0 Å². The number of aromatic amines is 1. The Bertz CT molecular complexity index is 563. The summed E-state index contributed by atoms with van der Waals surface area (Å²) in [5.41, 5.74) is 5.40. The van der Waals surface area contributed by atoms with Crippen LogP contribution in [0.2, 0.25) is 0 Å². The lowest BCUT2D eigenvalue weighted by atomic mass is 10.1. The van der Waals surface area contributed by atoms with Crippen LogP contribution in [0.3, 0.4) is 0 Å². The average molecular weight is 292 g/mol. The van der Waals surface area contributed by atoms with Gasteiger partial charge >= 0.3 is 0 Å². The molecule has 1 aliphatic heterocycles. The van der Waals surface area contributed by atoms with Crippen molar-refractivity contribution < 1.29 is 9.59 Å². The summed E-state index contributed by atoms with van der Waals surface area (Å²) >= 11 is 0. The lowest BCUT2D eigenvalue weighted by Crippen LogP contribution is -2.54. The van der Waals surface area contributed by atoms with E-state index >= 15 is 0 Å². The highest BCUT2D eigenvalue weighted by Crippen LogP contribution is 2.13. The third-order valence-corrected chi connectivity index (χ3v) is 3.68. The Morgan fingerprint density at radius 3 is 2.71 bits per heavy atom. The van der Waals surface area contributed by atoms with Crippen LogP contribution in [0.5, 0.6) is 0 Å². The van der Waals surface area contributed by atoms with Crippen LogP contribution < -0.4 is 11.3 Å². The molecule has 2 rings (SSSR count). The predicted molar refractivity (Wildman–Crippen MR) is 77.8 cm³/mol. The fourth-order valence-electron chi connectivity index (χ4n) is 2.52. The molecule has 0 saturated carbocycles. The van der Waals surface area contributed by atoms with Gasteiger partial charge in [0.15, 0.2) is 0 Å². The maximum absolute atomic E-state index is 12.4. The summed E-state index contributed by atoms with van der Waals surface area (Å²) < 4.78 is 0. The van der Waals surface area contributed by atoms with Gasteiger partial charge in [0, 0.05) is 50.9 Å². The van der Waals surface area contributed by atoms with Gasteiger partial charge in [0.2, 0.25) is 11.5 Å². The molecule has 0 unspecified atom stereocenters. The molecule has 1 saturated heterocycles. The number of carbonyl (C=O) groups excluding carboxylic acids is 2. The molecule has 7 heteroatoms. The SMILES string of the molecule is C[C@H]1CN(CCC(N)=O)CCN1C(=O)c1ccc(=O)[nH]c1. The van der Waals surface area contributed by atoms with E-state index in [0.29, 0.717) is 38.2 Å². The molecule has 21 heavy (non-hydrogen) atoms. The van der Waals surface area contributed by atoms with Gasteiger partial charge in [-0.05, 0) is 13.0 Å². The number of aromatic nitrogens is 1. The van der Waals surface area contributed by atoms with Crippen LogP contribution >= 0.6 is 0 Å². The van der Waals surface area contributed by atoms with Gasteiger partial charge in [0.1, 0.15) is 0 Å². The van der Waals surface area contributed by atoms with E-state index in [2.05, 4.69) is 9.88 Å². The van der Waals surface area contributed by atoms with Crippen molar-refractivity contribution in [3.8, 4) is 0 Å². The van der Waals surface area contributed by atoms with E-state index in [1.165, 1.54) is 18.3 Å². The van der Waals surface area contributed by atoms with E-state index in [-0.39, 0.29) is 23.4 Å². The van der Waals surface area contributed by atoms with Crippen LogP contribution in [-0.2, 0) is 4.79 Å². The van der Waals surface area contributed by atoms with Crippen molar-refractivity contribution in [1.29, 1.82) is 0 Å². The highest BCUT2D eigenvalue weighted by Gasteiger charge is 2.28. The second-order valence-electron chi connectivity index (χ2n) is 5.31. The fraction of sp³-hybridized carbons (Fsp3) is 0.500. The van der Waals surface area contributed by atoms with Crippen molar-refractivity contribution in [2.24, 2.45) is 5.73 Å². The number of nitrogens with two attached hydrogens (primary N) is 1. The number of amides is 2. The summed E-state index contributed by atoms with van der Waals surface area (Å²) in [5, 5.41) is 0. The molecule has 0 spiro atoms. The Hall–Kier alpha value is -2.15. The summed E-state index contributed by atoms with van der Waals surface area (Å²) in [6, 6.07) is 2.93. The molecule has 2 heterocycles. The molecule has 0 bridgehead atoms. The van der Waals surface area contributed by atoms with Crippen molar-refractivity contribution in [3.63, 3.8) is 0 Å². The maximum Gasteiger partial charge on any atom is 0.255 e. The topological polar surface area (TPSA) is 99.5 Å². The highest BCUT2D eigenvalue weighted by molar-refractivity contribution is 5.94. The molecule has 1 aromatic rings. The fourth-order valence-corrected chi connectivity index (χ4v) is 2.52. The molecule has 0 radical (unpaired) electrons. The van der Waals surface area contributed by atoms with Gasteiger partial charge in [0.25, 0.3) is 5.91 Å². The summed E-state index contributed by atoms with van der Waals surface area (Å²) in [4.78, 5) is 40.7. The normalized spacial score (nSPS) is 19.5. The summed E-state index contributed by atoms with van der Waals surface area (Å²) in [6.45, 7) is 4.62. The van der Waals surface area contributed by atoms with E-state index in [4.69, 9.17) is 5.73 Å². The lowest BCUT2D eigenvalue weighted by molar-refractivity contribution is -0.118. The predicted octanol–water partition coefficient (Wildman–Crippen LogP) is -0.603. The second kappa shape index (κ2) is 6.53. The molecule has 0 aliphatic carbocycles. The van der Waals surface area contributed by atoms with Crippen molar-refractivity contribution in [3.05, 3.63) is 34.2 Å². The molecule has 1 fully saturated rings. The van der Waals surface area contributed by atoms with Crippen LogP contribution in [0.1, 0.15) is 23.7 Å². The van der Waals surface area contributed by atoms with Crippen LogP contribution in [-0.4, -0.2) is 58.8 Å². The molecule has 2 amide bonds. The third kappa shape index (κ3) is 3.91. The highest BCUT2D eigenvalue weighted by atomic mass is 16.2. The van der Waals surface area contributed by atoms with Crippen molar-refractivity contribution in [2.75, 3.05) is 26.2 Å². The Labute approximate surface area is 122 Å².